The molecule has 2 aromatic rings. The fraction of sp³-hybridized carbons (Fsp3) is 0.560. The van der Waals surface area contributed by atoms with E-state index in [-0.39, 0.29) is 24.1 Å². The monoisotopic (exact) mass is 509 g/mol. The average molecular weight is 510 g/mol. The zero-order chi connectivity index (χ0) is 26.0. The first kappa shape index (κ1) is 26.1. The number of rotatable bonds is 7. The smallest absolute Gasteiger partial charge is 0.403 e. The molecule has 11 heteroatoms. The second kappa shape index (κ2) is 10.6. The molecule has 2 aliphatic rings. The first-order chi connectivity index (χ1) is 17.0. The predicted octanol–water partition coefficient (Wildman–Crippen LogP) is 3.99. The Hall–Kier alpha value is -2.95. The third kappa shape index (κ3) is 5.88. The van der Waals surface area contributed by atoms with Gasteiger partial charge in [0, 0.05) is 50.0 Å². The molecule has 36 heavy (non-hydrogen) atoms. The van der Waals surface area contributed by atoms with E-state index in [2.05, 4.69) is 31.8 Å². The summed E-state index contributed by atoms with van der Waals surface area (Å²) < 4.78 is 56.1. The summed E-state index contributed by atoms with van der Waals surface area (Å²) in [6.07, 6.45) is -1.47. The summed E-state index contributed by atoms with van der Waals surface area (Å²) in [7, 11) is 0. The molecular formula is C25H31F4N5O2. The highest BCUT2D eigenvalue weighted by atomic mass is 19.4. The van der Waals surface area contributed by atoms with E-state index in [1.165, 1.54) is 11.6 Å². The van der Waals surface area contributed by atoms with Crippen molar-refractivity contribution in [1.82, 2.24) is 20.2 Å². The Morgan fingerprint density at radius 2 is 1.92 bits per heavy atom. The van der Waals surface area contributed by atoms with Gasteiger partial charge in [-0.1, -0.05) is 26.8 Å². The maximum atomic E-state index is 14.0. The molecule has 1 fully saturated rings. The molecule has 2 atom stereocenters. The normalized spacial score (nSPS) is 18.9. The van der Waals surface area contributed by atoms with Crippen molar-refractivity contribution in [3.05, 3.63) is 47.2 Å². The largest absolute Gasteiger partial charge is 0.573 e. The Bertz CT molecular complexity index is 1090. The van der Waals surface area contributed by atoms with Crippen molar-refractivity contribution >= 4 is 11.7 Å². The van der Waals surface area contributed by atoms with Gasteiger partial charge in [0.1, 0.15) is 12.1 Å². The summed E-state index contributed by atoms with van der Waals surface area (Å²) in [5, 5.41) is 3.18. The molecule has 1 aliphatic carbocycles. The second-order valence-electron chi connectivity index (χ2n) is 9.66. The number of fused-ring (bicyclic) bond motifs is 1. The molecule has 0 spiro atoms. The van der Waals surface area contributed by atoms with Gasteiger partial charge in [-0.05, 0) is 36.5 Å². The number of alkyl halides is 3. The zero-order valence-electron chi connectivity index (χ0n) is 20.6. The van der Waals surface area contributed by atoms with E-state index in [1.54, 1.807) is 11.2 Å². The molecule has 0 unspecified atom stereocenters. The van der Waals surface area contributed by atoms with Gasteiger partial charge in [-0.3, -0.25) is 4.79 Å². The molecule has 1 amide bonds. The summed E-state index contributed by atoms with van der Waals surface area (Å²) in [6.45, 7) is 8.23. The number of hydrogen-bond acceptors (Lipinski definition) is 6. The van der Waals surface area contributed by atoms with Crippen molar-refractivity contribution in [1.29, 1.82) is 0 Å². The third-order valence-corrected chi connectivity index (χ3v) is 6.75. The molecule has 0 bridgehead atoms. The molecule has 1 aromatic carbocycles. The van der Waals surface area contributed by atoms with Gasteiger partial charge in [0.05, 0.1) is 5.92 Å². The topological polar surface area (TPSA) is 70.6 Å². The maximum Gasteiger partial charge on any atom is 0.573 e. The lowest BCUT2D eigenvalue weighted by Crippen LogP contribution is -2.51. The number of piperazine rings is 1. The predicted molar refractivity (Wildman–Crippen MR) is 127 cm³/mol. The molecule has 196 valence electrons. The van der Waals surface area contributed by atoms with Gasteiger partial charge in [-0.25, -0.2) is 14.4 Å². The number of anilines is 1. The fourth-order valence-electron chi connectivity index (χ4n) is 4.87. The molecule has 0 saturated carbocycles. The van der Waals surface area contributed by atoms with Crippen LogP contribution in [0.25, 0.3) is 0 Å². The van der Waals surface area contributed by atoms with Gasteiger partial charge >= 0.3 is 6.36 Å². The van der Waals surface area contributed by atoms with Crippen LogP contribution in [0, 0.1) is 5.82 Å². The van der Waals surface area contributed by atoms with Crippen LogP contribution in [-0.4, -0.2) is 65.9 Å². The van der Waals surface area contributed by atoms with Gasteiger partial charge in [0.15, 0.2) is 11.6 Å². The van der Waals surface area contributed by atoms with Crippen LogP contribution in [0.1, 0.15) is 55.8 Å². The number of carbonyl (C=O) groups is 1. The van der Waals surface area contributed by atoms with E-state index in [9.17, 15) is 22.4 Å². The molecule has 4 rings (SSSR count). The number of hydrogen-bond donors (Lipinski definition) is 1. The molecule has 7 nitrogen and oxygen atoms in total. The van der Waals surface area contributed by atoms with E-state index < -0.39 is 23.8 Å². The third-order valence-electron chi connectivity index (χ3n) is 6.75. The Morgan fingerprint density at radius 3 is 2.58 bits per heavy atom. The average Bonchev–Trinajstić information content (AvgIpc) is 3.21. The van der Waals surface area contributed by atoms with E-state index >= 15 is 0 Å². The molecule has 0 radical (unpaired) electrons. The van der Waals surface area contributed by atoms with Crippen molar-refractivity contribution in [2.75, 3.05) is 37.6 Å². The Balaban J connectivity index is 1.51. The minimum absolute atomic E-state index is 0.0466. The summed E-state index contributed by atoms with van der Waals surface area (Å²) in [5.41, 5.74) is 2.53. The lowest BCUT2D eigenvalue weighted by Gasteiger charge is -2.38. The van der Waals surface area contributed by atoms with Gasteiger partial charge in [0.2, 0.25) is 5.91 Å². The van der Waals surface area contributed by atoms with Crippen molar-refractivity contribution in [3.63, 3.8) is 0 Å². The molecule has 2 heterocycles. The number of nitrogens with one attached hydrogen (secondary N) is 1. The maximum absolute atomic E-state index is 14.0. The summed E-state index contributed by atoms with van der Waals surface area (Å²) in [6, 6.07) is 3.26. The summed E-state index contributed by atoms with van der Waals surface area (Å²) in [5.74, 6) is -1.80. The van der Waals surface area contributed by atoms with Crippen LogP contribution in [0.2, 0.25) is 0 Å². The fourth-order valence-corrected chi connectivity index (χ4v) is 4.87. The second-order valence-corrected chi connectivity index (χ2v) is 9.66. The lowest BCUT2D eigenvalue weighted by molar-refractivity contribution is -0.275. The Labute approximate surface area is 207 Å². The summed E-state index contributed by atoms with van der Waals surface area (Å²) in [4.78, 5) is 26.4. The first-order valence-corrected chi connectivity index (χ1v) is 12.2. The lowest BCUT2D eigenvalue weighted by atomic mass is 9.96. The van der Waals surface area contributed by atoms with Gasteiger partial charge in [-0.15, -0.1) is 13.2 Å². The van der Waals surface area contributed by atoms with Crippen LogP contribution >= 0.6 is 0 Å². The zero-order valence-corrected chi connectivity index (χ0v) is 20.6. The van der Waals surface area contributed by atoms with E-state index in [0.717, 1.165) is 36.5 Å². The summed E-state index contributed by atoms with van der Waals surface area (Å²) >= 11 is 0. The molecule has 1 saturated heterocycles. The quantitative estimate of drug-likeness (QED) is 0.570. The van der Waals surface area contributed by atoms with E-state index in [1.807, 2.05) is 13.8 Å². The molecule has 1 aliphatic heterocycles. The van der Waals surface area contributed by atoms with Crippen molar-refractivity contribution in [2.24, 2.45) is 0 Å². The number of amides is 1. The van der Waals surface area contributed by atoms with E-state index in [4.69, 9.17) is 0 Å². The number of carbonyl (C=O) groups excluding carboxylic acids is 1. The Morgan fingerprint density at radius 1 is 1.19 bits per heavy atom. The number of nitrogens with zero attached hydrogens (tertiary/aromatic N) is 4. The minimum atomic E-state index is -5.04. The van der Waals surface area contributed by atoms with Crippen molar-refractivity contribution < 1.29 is 27.1 Å². The highest BCUT2D eigenvalue weighted by Gasteiger charge is 2.35. The van der Waals surface area contributed by atoms with Crippen LogP contribution in [0.4, 0.5) is 23.4 Å². The highest BCUT2D eigenvalue weighted by Crippen LogP contribution is 2.37. The SMILES string of the molecule is CC(C)NC[C@@H](C(=O)N1CCN(c2ncnc3c2[C@H](C)CC3)CC1)c1ccc(F)c(OC(F)(F)F)c1. The molecule has 1 N–H and O–H groups in total. The van der Waals surface area contributed by atoms with Crippen molar-refractivity contribution in [3.8, 4) is 5.75 Å². The number of halogens is 4. The van der Waals surface area contributed by atoms with Gasteiger partial charge in [-0.2, -0.15) is 0 Å². The van der Waals surface area contributed by atoms with Crippen LogP contribution in [-0.2, 0) is 11.2 Å². The number of aromatic nitrogens is 2. The van der Waals surface area contributed by atoms with Crippen LogP contribution in [0.15, 0.2) is 24.5 Å². The van der Waals surface area contributed by atoms with Crippen molar-refractivity contribution in [2.45, 2.75) is 57.9 Å². The van der Waals surface area contributed by atoms with Crippen LogP contribution < -0.4 is 15.0 Å². The number of aryl methyl sites for hydroxylation is 1. The molecule has 1 aromatic heterocycles. The van der Waals surface area contributed by atoms with Gasteiger partial charge in [0.25, 0.3) is 0 Å². The highest BCUT2D eigenvalue weighted by molar-refractivity contribution is 5.84. The standard InChI is InChI=1S/C25H31F4N5O2/c1-15(2)30-13-18(17-5-6-19(26)21(12-17)36-25(27,28)29)24(35)34-10-8-33(9-11-34)23-22-16(3)4-7-20(22)31-14-32-23/h5-6,12,14-16,18,30H,4,7-11,13H2,1-3H3/t16-,18-/m1/s1. The molecular weight excluding hydrogens is 478 g/mol. The van der Waals surface area contributed by atoms with Crippen LogP contribution in [0.3, 0.4) is 0 Å². The number of ether oxygens (including phenoxy) is 1. The number of benzene rings is 1. The van der Waals surface area contributed by atoms with Gasteiger partial charge < -0.3 is 19.9 Å². The first-order valence-electron chi connectivity index (χ1n) is 12.2. The van der Waals surface area contributed by atoms with E-state index in [0.29, 0.717) is 32.1 Å². The Kier molecular flexibility index (Phi) is 7.67. The minimum Gasteiger partial charge on any atom is -0.403 e. The van der Waals surface area contributed by atoms with Crippen LogP contribution in [0.5, 0.6) is 5.75 Å².